The summed E-state index contributed by atoms with van der Waals surface area (Å²) in [5.41, 5.74) is 6.59. The molecule has 0 bridgehead atoms. The molecule has 60 valence electrons. The molecule has 0 aliphatic carbocycles. The van der Waals surface area contributed by atoms with Gasteiger partial charge in [-0.2, -0.15) is 5.10 Å². The summed E-state index contributed by atoms with van der Waals surface area (Å²) in [6.07, 6.45) is 1.59. The number of rotatable bonds is 1. The Morgan fingerprint density at radius 2 is 2.25 bits per heavy atom. The smallest absolute Gasteiger partial charge is 0.222 e. The van der Waals surface area contributed by atoms with Crippen LogP contribution in [0.1, 0.15) is 0 Å². The van der Waals surface area contributed by atoms with E-state index in [0.29, 0.717) is 11.4 Å². The van der Waals surface area contributed by atoms with Gasteiger partial charge >= 0.3 is 0 Å². The van der Waals surface area contributed by atoms with Crippen molar-refractivity contribution in [3.8, 4) is 11.4 Å². The lowest BCUT2D eigenvalue weighted by Crippen LogP contribution is -1.84. The van der Waals surface area contributed by atoms with Crippen LogP contribution in [0.5, 0.6) is 0 Å². The first-order valence-corrected chi connectivity index (χ1v) is 3.36. The van der Waals surface area contributed by atoms with Gasteiger partial charge in [-0.15, -0.1) is 5.10 Å². The zero-order valence-electron chi connectivity index (χ0n) is 6.14. The van der Waals surface area contributed by atoms with Crippen molar-refractivity contribution in [1.82, 2.24) is 15.4 Å². The Labute approximate surface area is 68.2 Å². The van der Waals surface area contributed by atoms with Crippen LogP contribution in [0.2, 0.25) is 0 Å². The first-order valence-electron chi connectivity index (χ1n) is 3.36. The number of hydrogen-bond acceptors (Lipinski definition) is 5. The van der Waals surface area contributed by atoms with E-state index in [-0.39, 0.29) is 5.88 Å². The molecule has 0 amide bonds. The summed E-state index contributed by atoms with van der Waals surface area (Å²) in [6.45, 7) is 0. The molecule has 0 aliphatic rings. The topological polar surface area (TPSA) is 77.8 Å². The number of nitrogen functional groups attached to an aromatic ring is 1. The molecule has 5 heteroatoms. The first kappa shape index (κ1) is 6.78. The minimum absolute atomic E-state index is 0.274. The maximum Gasteiger partial charge on any atom is 0.222 e. The molecular formula is C7H6N4O. The zero-order valence-corrected chi connectivity index (χ0v) is 6.14. The molecule has 0 spiro atoms. The van der Waals surface area contributed by atoms with Gasteiger partial charge in [0.2, 0.25) is 5.88 Å². The molecule has 0 saturated heterocycles. The summed E-state index contributed by atoms with van der Waals surface area (Å²) in [6, 6.07) is 5.15. The predicted octanol–water partition coefficient (Wildman–Crippen LogP) is 0.714. The summed E-state index contributed by atoms with van der Waals surface area (Å²) in [5, 5.41) is 11.2. The maximum absolute atomic E-state index is 5.34. The minimum atomic E-state index is 0.274. The van der Waals surface area contributed by atoms with Crippen molar-refractivity contribution in [1.29, 1.82) is 0 Å². The standard InChI is InChI=1S/C7H6N4O/c8-7-4-6(11-12-7)5-2-1-3-9-10-5/h1-4H,8H2. The summed E-state index contributed by atoms with van der Waals surface area (Å²) < 4.78 is 4.68. The van der Waals surface area contributed by atoms with Gasteiger partial charge in [-0.25, -0.2) is 0 Å². The third-order valence-corrected chi connectivity index (χ3v) is 1.36. The van der Waals surface area contributed by atoms with E-state index in [0.717, 1.165) is 0 Å². The molecule has 0 fully saturated rings. The number of nitrogens with two attached hydrogens (primary N) is 1. The van der Waals surface area contributed by atoms with Crippen molar-refractivity contribution in [3.05, 3.63) is 24.4 Å². The molecule has 2 heterocycles. The summed E-state index contributed by atoms with van der Waals surface area (Å²) >= 11 is 0. The predicted molar refractivity (Wildman–Crippen MR) is 41.9 cm³/mol. The largest absolute Gasteiger partial charge is 0.368 e. The van der Waals surface area contributed by atoms with Crippen LogP contribution in [0.15, 0.2) is 28.9 Å². The van der Waals surface area contributed by atoms with E-state index >= 15 is 0 Å². The van der Waals surface area contributed by atoms with Crippen molar-refractivity contribution >= 4 is 5.88 Å². The van der Waals surface area contributed by atoms with Gasteiger partial charge in [0.25, 0.3) is 0 Å². The van der Waals surface area contributed by atoms with Crippen molar-refractivity contribution in [3.63, 3.8) is 0 Å². The lowest BCUT2D eigenvalue weighted by molar-refractivity contribution is 0.439. The second kappa shape index (κ2) is 2.61. The molecule has 12 heavy (non-hydrogen) atoms. The van der Waals surface area contributed by atoms with E-state index in [1.807, 2.05) is 0 Å². The van der Waals surface area contributed by atoms with Crippen molar-refractivity contribution < 1.29 is 4.52 Å². The van der Waals surface area contributed by atoms with Gasteiger partial charge in [-0.1, -0.05) is 5.16 Å². The van der Waals surface area contributed by atoms with E-state index in [4.69, 9.17) is 5.73 Å². The van der Waals surface area contributed by atoms with Crippen LogP contribution in [0.3, 0.4) is 0 Å². The van der Waals surface area contributed by atoms with Crippen molar-refractivity contribution in [2.24, 2.45) is 0 Å². The molecule has 2 N–H and O–H groups in total. The van der Waals surface area contributed by atoms with E-state index in [2.05, 4.69) is 19.9 Å². The van der Waals surface area contributed by atoms with Crippen LogP contribution >= 0.6 is 0 Å². The Morgan fingerprint density at radius 3 is 2.83 bits per heavy atom. The fourth-order valence-electron chi connectivity index (χ4n) is 0.848. The van der Waals surface area contributed by atoms with Gasteiger partial charge in [0.05, 0.1) is 0 Å². The molecule has 5 nitrogen and oxygen atoms in total. The molecule has 0 radical (unpaired) electrons. The van der Waals surface area contributed by atoms with Gasteiger partial charge in [0, 0.05) is 12.3 Å². The number of aromatic nitrogens is 3. The number of nitrogens with zero attached hydrogens (tertiary/aromatic N) is 3. The normalized spacial score (nSPS) is 10.0. The highest BCUT2D eigenvalue weighted by Crippen LogP contribution is 2.15. The van der Waals surface area contributed by atoms with Crippen LogP contribution in [-0.4, -0.2) is 15.4 Å². The highest BCUT2D eigenvalue weighted by atomic mass is 16.5. The van der Waals surface area contributed by atoms with Crippen LogP contribution in [-0.2, 0) is 0 Å². The van der Waals surface area contributed by atoms with Crippen LogP contribution in [0.25, 0.3) is 11.4 Å². The van der Waals surface area contributed by atoms with E-state index in [9.17, 15) is 0 Å². The molecule has 0 unspecified atom stereocenters. The third-order valence-electron chi connectivity index (χ3n) is 1.36. The highest BCUT2D eigenvalue weighted by molar-refractivity contribution is 5.55. The Bertz CT molecular complexity index is 370. The Hall–Kier alpha value is -1.91. The molecule has 0 saturated carbocycles. The SMILES string of the molecule is Nc1cc(-c2cccnn2)no1. The highest BCUT2D eigenvalue weighted by Gasteiger charge is 2.03. The third kappa shape index (κ3) is 1.12. The van der Waals surface area contributed by atoms with Gasteiger partial charge in [-0.3, -0.25) is 0 Å². The minimum Gasteiger partial charge on any atom is -0.368 e. The second-order valence-electron chi connectivity index (χ2n) is 2.22. The molecule has 0 aromatic carbocycles. The van der Waals surface area contributed by atoms with Gasteiger partial charge in [0.15, 0.2) is 0 Å². The van der Waals surface area contributed by atoms with Crippen LogP contribution in [0.4, 0.5) is 5.88 Å². The molecule has 0 atom stereocenters. The Kier molecular flexibility index (Phi) is 1.48. The van der Waals surface area contributed by atoms with Gasteiger partial charge < -0.3 is 10.3 Å². The average Bonchev–Trinajstić information content (AvgIpc) is 2.54. The average molecular weight is 162 g/mol. The van der Waals surface area contributed by atoms with Gasteiger partial charge in [-0.05, 0) is 12.1 Å². The fraction of sp³-hybridized carbons (Fsp3) is 0. The van der Waals surface area contributed by atoms with E-state index in [1.165, 1.54) is 0 Å². The fourth-order valence-corrected chi connectivity index (χ4v) is 0.848. The Morgan fingerprint density at radius 1 is 1.33 bits per heavy atom. The second-order valence-corrected chi connectivity index (χ2v) is 2.22. The van der Waals surface area contributed by atoms with E-state index < -0.39 is 0 Å². The lowest BCUT2D eigenvalue weighted by atomic mass is 10.3. The zero-order chi connectivity index (χ0) is 8.39. The maximum atomic E-state index is 5.34. The van der Waals surface area contributed by atoms with Crippen LogP contribution in [0, 0.1) is 0 Å². The lowest BCUT2D eigenvalue weighted by Gasteiger charge is -1.88. The Balaban J connectivity index is 2.45. The molecule has 0 aliphatic heterocycles. The van der Waals surface area contributed by atoms with Crippen molar-refractivity contribution in [2.45, 2.75) is 0 Å². The monoisotopic (exact) mass is 162 g/mol. The first-order chi connectivity index (χ1) is 5.86. The quantitative estimate of drug-likeness (QED) is 0.668. The summed E-state index contributed by atoms with van der Waals surface area (Å²) in [7, 11) is 0. The number of hydrogen-bond donors (Lipinski definition) is 1. The molecule has 2 rings (SSSR count). The summed E-state index contributed by atoms with van der Waals surface area (Å²) in [5.74, 6) is 0.274. The molecule has 2 aromatic heterocycles. The van der Waals surface area contributed by atoms with Crippen molar-refractivity contribution in [2.75, 3.05) is 5.73 Å². The summed E-state index contributed by atoms with van der Waals surface area (Å²) in [4.78, 5) is 0. The van der Waals surface area contributed by atoms with E-state index in [1.54, 1.807) is 24.4 Å². The number of anilines is 1. The molecule has 2 aromatic rings. The molecular weight excluding hydrogens is 156 g/mol. The van der Waals surface area contributed by atoms with Crippen LogP contribution < -0.4 is 5.73 Å². The van der Waals surface area contributed by atoms with Gasteiger partial charge in [0.1, 0.15) is 11.4 Å².